The highest BCUT2D eigenvalue weighted by molar-refractivity contribution is 7.89. The molecule has 0 atom stereocenters. The zero-order chi connectivity index (χ0) is 22.2. The van der Waals surface area contributed by atoms with Crippen LogP contribution in [0, 0.1) is 0 Å². The molecule has 0 bridgehead atoms. The first-order chi connectivity index (χ1) is 14.7. The van der Waals surface area contributed by atoms with Crippen LogP contribution in [0.3, 0.4) is 0 Å². The normalized spacial score (nSPS) is 11.8. The number of nitrogens with one attached hydrogen (secondary N) is 1. The number of sulfonamides is 1. The molecule has 3 N–H and O–H groups in total. The van der Waals surface area contributed by atoms with Crippen molar-refractivity contribution in [2.75, 3.05) is 0 Å². The first kappa shape index (κ1) is 20.8. The van der Waals surface area contributed by atoms with Gasteiger partial charge in [0.05, 0.1) is 15.9 Å². The number of rotatable bonds is 6. The molecule has 4 aromatic rings. The van der Waals surface area contributed by atoms with Gasteiger partial charge < -0.3 is 14.3 Å². The van der Waals surface area contributed by atoms with Gasteiger partial charge in [-0.05, 0) is 30.2 Å². The standard InChI is InChI=1S/C21H20N4O5S/c1-13(26)30-12-18-24-19-20(16-4-2-3-5-17(16)23-21(19)27)25(18)11-10-14-6-8-15(9-7-14)31(22,28)29/h2-9H,10-12H2,1H3,(H,23,27)(H2,22,28,29). The van der Waals surface area contributed by atoms with Crippen LogP contribution in [0.1, 0.15) is 18.3 Å². The fourth-order valence-electron chi connectivity index (χ4n) is 3.51. The fraction of sp³-hybridized carbons (Fsp3) is 0.190. The number of para-hydroxylation sites is 1. The van der Waals surface area contributed by atoms with Crippen LogP contribution >= 0.6 is 0 Å². The molecule has 0 unspecified atom stereocenters. The summed E-state index contributed by atoms with van der Waals surface area (Å²) in [7, 11) is -3.76. The van der Waals surface area contributed by atoms with Crippen molar-refractivity contribution in [1.29, 1.82) is 0 Å². The molecule has 160 valence electrons. The molecule has 31 heavy (non-hydrogen) atoms. The molecule has 0 fully saturated rings. The van der Waals surface area contributed by atoms with E-state index < -0.39 is 16.0 Å². The monoisotopic (exact) mass is 440 g/mol. The number of fused-ring (bicyclic) bond motifs is 3. The molecule has 2 aromatic carbocycles. The quantitative estimate of drug-likeness (QED) is 0.439. The van der Waals surface area contributed by atoms with Gasteiger partial charge in [-0.25, -0.2) is 18.5 Å². The molecule has 9 nitrogen and oxygen atoms in total. The number of imidazole rings is 1. The van der Waals surface area contributed by atoms with Crippen molar-refractivity contribution in [3.8, 4) is 0 Å². The number of benzene rings is 2. The van der Waals surface area contributed by atoms with Crippen molar-refractivity contribution in [3.05, 3.63) is 70.3 Å². The number of primary sulfonamides is 1. The lowest BCUT2D eigenvalue weighted by molar-refractivity contribution is -0.142. The lowest BCUT2D eigenvalue weighted by Crippen LogP contribution is -2.12. The number of aryl methyl sites for hydroxylation is 2. The molecular weight excluding hydrogens is 420 g/mol. The molecule has 0 spiro atoms. The van der Waals surface area contributed by atoms with Crippen LogP contribution in [0.5, 0.6) is 0 Å². The Balaban J connectivity index is 1.78. The lowest BCUT2D eigenvalue weighted by atomic mass is 10.1. The van der Waals surface area contributed by atoms with E-state index in [-0.39, 0.29) is 22.6 Å². The number of aromatic amines is 1. The van der Waals surface area contributed by atoms with Gasteiger partial charge in [-0.1, -0.05) is 30.3 Å². The van der Waals surface area contributed by atoms with Crippen LogP contribution < -0.4 is 10.7 Å². The highest BCUT2D eigenvalue weighted by Crippen LogP contribution is 2.24. The van der Waals surface area contributed by atoms with Crippen LogP contribution in [0.25, 0.3) is 21.9 Å². The van der Waals surface area contributed by atoms with E-state index in [1.165, 1.54) is 19.1 Å². The predicted octanol–water partition coefficient (Wildman–Crippen LogP) is 1.83. The molecule has 0 aliphatic carbocycles. The minimum Gasteiger partial charge on any atom is -0.458 e. The molecule has 0 saturated heterocycles. The third kappa shape index (κ3) is 4.21. The predicted molar refractivity (Wildman–Crippen MR) is 115 cm³/mol. The van der Waals surface area contributed by atoms with E-state index >= 15 is 0 Å². The van der Waals surface area contributed by atoms with Gasteiger partial charge in [0.1, 0.15) is 12.4 Å². The number of esters is 1. The van der Waals surface area contributed by atoms with Gasteiger partial charge in [-0.15, -0.1) is 0 Å². The number of H-pyrrole nitrogens is 1. The van der Waals surface area contributed by atoms with E-state index in [9.17, 15) is 18.0 Å². The molecular formula is C21H20N4O5S. The zero-order valence-corrected chi connectivity index (χ0v) is 17.5. The smallest absolute Gasteiger partial charge is 0.303 e. The van der Waals surface area contributed by atoms with Crippen LogP contribution in [0.4, 0.5) is 0 Å². The number of carbonyl (C=O) groups excluding carboxylic acids is 1. The second-order valence-corrected chi connectivity index (χ2v) is 8.66. The van der Waals surface area contributed by atoms with Crippen molar-refractivity contribution in [1.82, 2.24) is 14.5 Å². The van der Waals surface area contributed by atoms with Gasteiger partial charge in [-0.2, -0.15) is 0 Å². The number of carbonyl (C=O) groups is 1. The summed E-state index contributed by atoms with van der Waals surface area (Å²) in [6.07, 6.45) is 0.532. The summed E-state index contributed by atoms with van der Waals surface area (Å²) in [5.41, 5.74) is 2.15. The van der Waals surface area contributed by atoms with Crippen LogP contribution in [0.15, 0.2) is 58.2 Å². The number of pyridine rings is 1. The minimum atomic E-state index is -3.76. The Bertz CT molecular complexity index is 1450. The largest absolute Gasteiger partial charge is 0.458 e. The number of ether oxygens (including phenoxy) is 1. The summed E-state index contributed by atoms with van der Waals surface area (Å²) in [6, 6.07) is 13.7. The molecule has 2 aromatic heterocycles. The van der Waals surface area contributed by atoms with Gasteiger partial charge in [0.2, 0.25) is 10.0 Å². The summed E-state index contributed by atoms with van der Waals surface area (Å²) < 4.78 is 29.9. The molecule has 0 aliphatic rings. The van der Waals surface area contributed by atoms with Gasteiger partial charge in [0, 0.05) is 18.9 Å². The van der Waals surface area contributed by atoms with Crippen molar-refractivity contribution in [2.24, 2.45) is 5.14 Å². The Morgan fingerprint density at radius 3 is 2.55 bits per heavy atom. The Labute approximate surface area is 177 Å². The Hall–Kier alpha value is -3.50. The average molecular weight is 440 g/mol. The van der Waals surface area contributed by atoms with Crippen LogP contribution in [0.2, 0.25) is 0 Å². The molecule has 0 aliphatic heterocycles. The molecule has 0 saturated carbocycles. The van der Waals surface area contributed by atoms with E-state index in [0.717, 1.165) is 10.9 Å². The van der Waals surface area contributed by atoms with E-state index in [1.807, 2.05) is 28.8 Å². The highest BCUT2D eigenvalue weighted by atomic mass is 32.2. The number of aromatic nitrogens is 3. The number of nitrogens with two attached hydrogens (primary N) is 1. The van der Waals surface area contributed by atoms with E-state index in [2.05, 4.69) is 9.97 Å². The lowest BCUT2D eigenvalue weighted by Gasteiger charge is -2.11. The molecule has 2 heterocycles. The Morgan fingerprint density at radius 1 is 1.16 bits per heavy atom. The van der Waals surface area contributed by atoms with Crippen molar-refractivity contribution < 1.29 is 17.9 Å². The maximum Gasteiger partial charge on any atom is 0.303 e. The van der Waals surface area contributed by atoms with Crippen LogP contribution in [-0.2, 0) is 39.1 Å². The summed E-state index contributed by atoms with van der Waals surface area (Å²) in [5.74, 6) is 0.00386. The third-order valence-corrected chi connectivity index (χ3v) is 5.90. The summed E-state index contributed by atoms with van der Waals surface area (Å²) in [6.45, 7) is 1.68. The molecule has 0 amide bonds. The van der Waals surface area contributed by atoms with Crippen molar-refractivity contribution in [3.63, 3.8) is 0 Å². The minimum absolute atomic E-state index is 0.0393. The van der Waals surface area contributed by atoms with Gasteiger partial charge in [0.15, 0.2) is 5.52 Å². The van der Waals surface area contributed by atoms with Gasteiger partial charge >= 0.3 is 5.97 Å². The zero-order valence-electron chi connectivity index (χ0n) is 16.7. The topological polar surface area (TPSA) is 137 Å². The summed E-state index contributed by atoms with van der Waals surface area (Å²) in [4.78, 5) is 31.2. The maximum atomic E-state index is 12.6. The third-order valence-electron chi connectivity index (χ3n) is 4.97. The summed E-state index contributed by atoms with van der Waals surface area (Å²) in [5, 5.41) is 5.97. The molecule has 4 rings (SSSR count). The fourth-order valence-corrected chi connectivity index (χ4v) is 4.03. The Morgan fingerprint density at radius 2 is 1.87 bits per heavy atom. The average Bonchev–Trinajstić information content (AvgIpc) is 3.10. The van der Waals surface area contributed by atoms with E-state index in [4.69, 9.17) is 9.88 Å². The number of nitrogens with zero attached hydrogens (tertiary/aromatic N) is 2. The molecule has 0 radical (unpaired) electrons. The maximum absolute atomic E-state index is 12.6. The van der Waals surface area contributed by atoms with Crippen LogP contribution in [-0.4, -0.2) is 28.9 Å². The highest BCUT2D eigenvalue weighted by Gasteiger charge is 2.17. The second kappa shape index (κ2) is 7.97. The van der Waals surface area contributed by atoms with Gasteiger partial charge in [0.25, 0.3) is 5.56 Å². The van der Waals surface area contributed by atoms with E-state index in [1.54, 1.807) is 12.1 Å². The van der Waals surface area contributed by atoms with Crippen molar-refractivity contribution >= 4 is 37.9 Å². The number of hydrogen-bond donors (Lipinski definition) is 2. The second-order valence-electron chi connectivity index (χ2n) is 7.10. The SMILES string of the molecule is CC(=O)OCc1nc2c(=O)[nH]c3ccccc3c2n1CCc1ccc(S(N)(=O)=O)cc1. The first-order valence-electron chi connectivity index (χ1n) is 9.49. The van der Waals surface area contributed by atoms with Gasteiger partial charge in [-0.3, -0.25) is 9.59 Å². The Kier molecular flexibility index (Phi) is 5.34. The van der Waals surface area contributed by atoms with Crippen molar-refractivity contribution in [2.45, 2.75) is 31.4 Å². The summed E-state index contributed by atoms with van der Waals surface area (Å²) >= 11 is 0. The molecule has 10 heteroatoms. The number of hydrogen-bond acceptors (Lipinski definition) is 6. The van der Waals surface area contributed by atoms with E-state index in [0.29, 0.717) is 29.8 Å². The first-order valence-corrected chi connectivity index (χ1v) is 11.0.